The second-order valence-corrected chi connectivity index (χ2v) is 2.99. The van der Waals surface area contributed by atoms with E-state index < -0.39 is 0 Å². The number of methoxy groups -OCH3 is 1. The molecule has 0 atom stereocenters. The van der Waals surface area contributed by atoms with E-state index in [9.17, 15) is 5.11 Å². The molecule has 0 heterocycles. The molecule has 0 unspecified atom stereocenters. The lowest BCUT2D eigenvalue weighted by Gasteiger charge is -2.06. The smallest absolute Gasteiger partial charge is 0.188 e. The highest BCUT2D eigenvalue weighted by Gasteiger charge is 2.04. The van der Waals surface area contributed by atoms with E-state index in [0.29, 0.717) is 10.2 Å². The molecule has 66 valence electrons. The molecule has 1 N–H and O–H groups in total. The molecule has 0 aliphatic carbocycles. The summed E-state index contributed by atoms with van der Waals surface area (Å²) >= 11 is 3.17. The lowest BCUT2D eigenvalue weighted by molar-refractivity contribution is 0.0491. The highest BCUT2D eigenvalue weighted by molar-refractivity contribution is 9.10. The summed E-state index contributed by atoms with van der Waals surface area (Å²) in [5.74, 6) is 0.501. The Morgan fingerprint density at radius 3 is 2.92 bits per heavy atom. The zero-order valence-corrected chi connectivity index (χ0v) is 8.17. The number of hydrogen-bond donors (Lipinski definition) is 1. The summed E-state index contributed by atoms with van der Waals surface area (Å²) in [6.45, 7) is 0.129. The molecule has 0 aliphatic rings. The van der Waals surface area contributed by atoms with Crippen molar-refractivity contribution in [3.8, 4) is 11.5 Å². The molecule has 0 saturated heterocycles. The van der Waals surface area contributed by atoms with E-state index in [2.05, 4.69) is 15.9 Å². The number of halogens is 1. The van der Waals surface area contributed by atoms with Crippen LogP contribution in [0.5, 0.6) is 11.5 Å². The van der Waals surface area contributed by atoms with Gasteiger partial charge in [-0.3, -0.25) is 0 Å². The van der Waals surface area contributed by atoms with Gasteiger partial charge in [-0.25, -0.2) is 0 Å². The van der Waals surface area contributed by atoms with E-state index in [1.807, 2.05) is 0 Å². The summed E-state index contributed by atoms with van der Waals surface area (Å²) in [4.78, 5) is 0. The maximum absolute atomic E-state index is 9.40. The third kappa shape index (κ3) is 2.12. The molecule has 1 rings (SSSR count). The Bertz CT molecular complexity index is 262. The molecule has 0 aromatic heterocycles. The zero-order chi connectivity index (χ0) is 8.97. The lowest BCUT2D eigenvalue weighted by atomic mass is 10.3. The maximum atomic E-state index is 9.40. The van der Waals surface area contributed by atoms with Crippen molar-refractivity contribution >= 4 is 15.9 Å². The Balaban J connectivity index is 2.78. The van der Waals surface area contributed by atoms with Gasteiger partial charge in [-0.2, -0.15) is 0 Å². The minimum absolute atomic E-state index is 0.0922. The van der Waals surface area contributed by atoms with Gasteiger partial charge in [0.25, 0.3) is 0 Å². The SMILES string of the molecule is COCOc1cccc(Br)c1O. The van der Waals surface area contributed by atoms with E-state index in [4.69, 9.17) is 9.47 Å². The van der Waals surface area contributed by atoms with Crippen LogP contribution in [0.2, 0.25) is 0 Å². The molecule has 0 spiro atoms. The average Bonchev–Trinajstić information content (AvgIpc) is 2.08. The van der Waals surface area contributed by atoms with Crippen LogP contribution in [0, 0.1) is 0 Å². The third-order valence-corrected chi connectivity index (χ3v) is 1.92. The van der Waals surface area contributed by atoms with Crippen molar-refractivity contribution in [2.45, 2.75) is 0 Å². The lowest BCUT2D eigenvalue weighted by Crippen LogP contribution is -1.98. The molecule has 1 aromatic rings. The molecule has 0 fully saturated rings. The van der Waals surface area contributed by atoms with Crippen LogP contribution < -0.4 is 4.74 Å². The summed E-state index contributed by atoms with van der Waals surface area (Å²) in [5.41, 5.74) is 0. The molecule has 0 amide bonds. The quantitative estimate of drug-likeness (QED) is 0.813. The zero-order valence-electron chi connectivity index (χ0n) is 6.58. The van der Waals surface area contributed by atoms with Crippen molar-refractivity contribution < 1.29 is 14.6 Å². The van der Waals surface area contributed by atoms with E-state index in [1.165, 1.54) is 7.11 Å². The van der Waals surface area contributed by atoms with Gasteiger partial charge in [0.1, 0.15) is 0 Å². The average molecular weight is 233 g/mol. The predicted molar refractivity (Wildman–Crippen MR) is 48.3 cm³/mol. The number of para-hydroxylation sites is 1. The Hall–Kier alpha value is -0.740. The Morgan fingerprint density at radius 1 is 1.50 bits per heavy atom. The highest BCUT2D eigenvalue weighted by atomic mass is 79.9. The molecule has 0 radical (unpaired) electrons. The first kappa shape index (κ1) is 9.35. The normalized spacial score (nSPS) is 9.83. The molecular formula is C8H9BrO3. The van der Waals surface area contributed by atoms with Crippen molar-refractivity contribution in [2.24, 2.45) is 0 Å². The van der Waals surface area contributed by atoms with Crippen LogP contribution in [-0.2, 0) is 4.74 Å². The van der Waals surface area contributed by atoms with E-state index in [0.717, 1.165) is 0 Å². The Morgan fingerprint density at radius 2 is 2.25 bits per heavy atom. The molecular weight excluding hydrogens is 224 g/mol. The van der Waals surface area contributed by atoms with Gasteiger partial charge in [-0.1, -0.05) is 6.07 Å². The van der Waals surface area contributed by atoms with Crippen molar-refractivity contribution in [1.29, 1.82) is 0 Å². The van der Waals surface area contributed by atoms with Crippen molar-refractivity contribution in [2.75, 3.05) is 13.9 Å². The summed E-state index contributed by atoms with van der Waals surface area (Å²) in [7, 11) is 1.52. The summed E-state index contributed by atoms with van der Waals surface area (Å²) in [5, 5.41) is 9.40. The molecule has 12 heavy (non-hydrogen) atoms. The fourth-order valence-electron chi connectivity index (χ4n) is 0.734. The van der Waals surface area contributed by atoms with Gasteiger partial charge in [0, 0.05) is 7.11 Å². The van der Waals surface area contributed by atoms with Gasteiger partial charge in [0.15, 0.2) is 18.3 Å². The van der Waals surface area contributed by atoms with Crippen LogP contribution in [0.25, 0.3) is 0 Å². The van der Waals surface area contributed by atoms with Crippen molar-refractivity contribution in [3.63, 3.8) is 0 Å². The number of rotatable bonds is 3. The fraction of sp³-hybridized carbons (Fsp3) is 0.250. The van der Waals surface area contributed by atoms with Gasteiger partial charge in [0.05, 0.1) is 4.47 Å². The standard InChI is InChI=1S/C8H9BrO3/c1-11-5-12-7-4-2-3-6(9)8(7)10/h2-4,10H,5H2,1H3. The summed E-state index contributed by atoms with van der Waals surface area (Å²) < 4.78 is 10.4. The topological polar surface area (TPSA) is 38.7 Å². The number of hydrogen-bond acceptors (Lipinski definition) is 3. The van der Waals surface area contributed by atoms with E-state index in [-0.39, 0.29) is 12.5 Å². The van der Waals surface area contributed by atoms with Crippen LogP contribution in [0.1, 0.15) is 0 Å². The minimum Gasteiger partial charge on any atom is -0.503 e. The number of benzene rings is 1. The highest BCUT2D eigenvalue weighted by Crippen LogP contribution is 2.33. The van der Waals surface area contributed by atoms with Crippen LogP contribution in [0.4, 0.5) is 0 Å². The van der Waals surface area contributed by atoms with Crippen LogP contribution in [0.3, 0.4) is 0 Å². The van der Waals surface area contributed by atoms with Gasteiger partial charge in [-0.05, 0) is 28.1 Å². The Kier molecular flexibility index (Phi) is 3.37. The second-order valence-electron chi connectivity index (χ2n) is 2.14. The first-order chi connectivity index (χ1) is 5.75. The van der Waals surface area contributed by atoms with E-state index in [1.54, 1.807) is 18.2 Å². The van der Waals surface area contributed by atoms with Crippen LogP contribution in [-0.4, -0.2) is 19.0 Å². The molecule has 1 aromatic carbocycles. The van der Waals surface area contributed by atoms with Gasteiger partial charge in [0.2, 0.25) is 0 Å². The summed E-state index contributed by atoms with van der Waals surface area (Å²) in [6, 6.07) is 5.17. The molecule has 0 aliphatic heterocycles. The van der Waals surface area contributed by atoms with Crippen molar-refractivity contribution in [1.82, 2.24) is 0 Å². The first-order valence-electron chi connectivity index (χ1n) is 3.35. The molecule has 4 heteroatoms. The fourth-order valence-corrected chi connectivity index (χ4v) is 1.08. The van der Waals surface area contributed by atoms with Gasteiger partial charge in [-0.15, -0.1) is 0 Å². The molecule has 0 saturated carbocycles. The predicted octanol–water partition coefficient (Wildman–Crippen LogP) is 2.14. The second kappa shape index (κ2) is 4.33. The number of ether oxygens (including phenoxy) is 2. The van der Waals surface area contributed by atoms with E-state index >= 15 is 0 Å². The largest absolute Gasteiger partial charge is 0.503 e. The van der Waals surface area contributed by atoms with Crippen LogP contribution >= 0.6 is 15.9 Å². The third-order valence-electron chi connectivity index (χ3n) is 1.28. The Labute approximate surface area is 79.1 Å². The number of phenolic OH excluding ortho intramolecular Hbond substituents is 1. The minimum atomic E-state index is 0.0922. The number of aromatic hydroxyl groups is 1. The van der Waals surface area contributed by atoms with Gasteiger partial charge < -0.3 is 14.6 Å². The van der Waals surface area contributed by atoms with Crippen molar-refractivity contribution in [3.05, 3.63) is 22.7 Å². The monoisotopic (exact) mass is 232 g/mol. The maximum Gasteiger partial charge on any atom is 0.188 e. The number of phenols is 1. The summed E-state index contributed by atoms with van der Waals surface area (Å²) in [6.07, 6.45) is 0. The molecule has 0 bridgehead atoms. The first-order valence-corrected chi connectivity index (χ1v) is 4.14. The van der Waals surface area contributed by atoms with Gasteiger partial charge >= 0.3 is 0 Å². The molecule has 3 nitrogen and oxygen atoms in total. The van der Waals surface area contributed by atoms with Crippen LogP contribution in [0.15, 0.2) is 22.7 Å².